The van der Waals surface area contributed by atoms with Crippen LogP contribution in [0, 0.1) is 0 Å². The second-order valence-corrected chi connectivity index (χ2v) is 3.60. The Labute approximate surface area is 67.5 Å². The van der Waals surface area contributed by atoms with Gasteiger partial charge in [0.05, 0.1) is 5.60 Å². The first-order valence-electron chi connectivity index (χ1n) is 3.82. The first-order valence-corrected chi connectivity index (χ1v) is 3.82. The molecule has 1 rings (SSSR count). The zero-order chi connectivity index (χ0) is 8.48. The molecule has 0 saturated heterocycles. The normalized spacial score (nSPS) is 12.0. The number of aryl methyl sites for hydroxylation is 1. The van der Waals surface area contributed by atoms with Crippen LogP contribution in [0.4, 0.5) is 0 Å². The van der Waals surface area contributed by atoms with E-state index in [4.69, 9.17) is 0 Å². The van der Waals surface area contributed by atoms with E-state index in [0.29, 0.717) is 6.42 Å². The lowest BCUT2D eigenvalue weighted by molar-refractivity contribution is 0.0792. The van der Waals surface area contributed by atoms with E-state index in [-0.39, 0.29) is 0 Å². The van der Waals surface area contributed by atoms with Crippen molar-refractivity contribution in [2.75, 3.05) is 0 Å². The Morgan fingerprint density at radius 1 is 1.55 bits per heavy atom. The van der Waals surface area contributed by atoms with Crippen molar-refractivity contribution in [3.63, 3.8) is 0 Å². The van der Waals surface area contributed by atoms with Gasteiger partial charge in [-0.15, -0.1) is 0 Å². The fraction of sp³-hybridized carbons (Fsp3) is 0.556. The molecule has 2 heteroatoms. The summed E-state index contributed by atoms with van der Waals surface area (Å²) in [7, 11) is 1.99. The van der Waals surface area contributed by atoms with Gasteiger partial charge in [-0.3, -0.25) is 0 Å². The Morgan fingerprint density at radius 2 is 2.18 bits per heavy atom. The molecule has 0 aliphatic carbocycles. The summed E-state index contributed by atoms with van der Waals surface area (Å²) in [5, 5.41) is 9.50. The summed E-state index contributed by atoms with van der Waals surface area (Å²) in [5.74, 6) is 0. The summed E-state index contributed by atoms with van der Waals surface area (Å²) in [4.78, 5) is 0. The third-order valence-electron chi connectivity index (χ3n) is 1.67. The van der Waals surface area contributed by atoms with Crippen LogP contribution in [0.3, 0.4) is 0 Å². The van der Waals surface area contributed by atoms with Crippen molar-refractivity contribution in [1.29, 1.82) is 0 Å². The van der Waals surface area contributed by atoms with Gasteiger partial charge in [-0.05, 0) is 26.0 Å². The lowest BCUT2D eigenvalue weighted by Crippen LogP contribution is -2.23. The Kier molecular flexibility index (Phi) is 2.05. The van der Waals surface area contributed by atoms with E-state index >= 15 is 0 Å². The predicted molar refractivity (Wildman–Crippen MR) is 45.4 cm³/mol. The van der Waals surface area contributed by atoms with Crippen molar-refractivity contribution >= 4 is 0 Å². The third-order valence-corrected chi connectivity index (χ3v) is 1.67. The molecule has 1 heterocycles. The van der Waals surface area contributed by atoms with Crippen molar-refractivity contribution in [3.8, 4) is 0 Å². The number of hydrogen-bond acceptors (Lipinski definition) is 1. The highest BCUT2D eigenvalue weighted by Crippen LogP contribution is 2.11. The molecule has 0 radical (unpaired) electrons. The minimum Gasteiger partial charge on any atom is -0.390 e. The van der Waals surface area contributed by atoms with Gasteiger partial charge in [-0.1, -0.05) is 0 Å². The fourth-order valence-corrected chi connectivity index (χ4v) is 1.12. The van der Waals surface area contributed by atoms with Crippen molar-refractivity contribution in [2.45, 2.75) is 25.9 Å². The third kappa shape index (κ3) is 2.39. The SMILES string of the molecule is Cn1cccc1CC(C)(C)O. The van der Waals surface area contributed by atoms with Gasteiger partial charge in [0.1, 0.15) is 0 Å². The minimum atomic E-state index is -0.605. The minimum absolute atomic E-state index is 0.605. The number of aromatic nitrogens is 1. The van der Waals surface area contributed by atoms with E-state index in [1.165, 1.54) is 0 Å². The van der Waals surface area contributed by atoms with Gasteiger partial charge in [-0.2, -0.15) is 0 Å². The lowest BCUT2D eigenvalue weighted by atomic mass is 10.0. The monoisotopic (exact) mass is 153 g/mol. The highest BCUT2D eigenvalue weighted by Gasteiger charge is 2.14. The van der Waals surface area contributed by atoms with Crippen LogP contribution in [0.5, 0.6) is 0 Å². The first kappa shape index (κ1) is 8.34. The highest BCUT2D eigenvalue weighted by atomic mass is 16.3. The number of hydrogen-bond donors (Lipinski definition) is 1. The van der Waals surface area contributed by atoms with Gasteiger partial charge in [0, 0.05) is 25.4 Å². The molecule has 11 heavy (non-hydrogen) atoms. The molecule has 1 aromatic heterocycles. The molecule has 0 unspecified atom stereocenters. The summed E-state index contributed by atoms with van der Waals surface area (Å²) in [6, 6.07) is 4.01. The number of nitrogens with zero attached hydrogens (tertiary/aromatic N) is 1. The largest absolute Gasteiger partial charge is 0.390 e. The van der Waals surface area contributed by atoms with E-state index in [9.17, 15) is 5.11 Å². The average Bonchev–Trinajstić information content (AvgIpc) is 2.12. The standard InChI is InChI=1S/C9H15NO/c1-9(2,11)7-8-5-4-6-10(8)3/h4-6,11H,7H2,1-3H3. The van der Waals surface area contributed by atoms with E-state index in [1.54, 1.807) is 0 Å². The summed E-state index contributed by atoms with van der Waals surface area (Å²) < 4.78 is 2.03. The molecule has 0 aromatic carbocycles. The predicted octanol–water partition coefficient (Wildman–Crippen LogP) is 1.34. The van der Waals surface area contributed by atoms with Crippen LogP contribution in [0.15, 0.2) is 18.3 Å². The van der Waals surface area contributed by atoms with Crippen LogP contribution in [0.1, 0.15) is 19.5 Å². The molecule has 0 aliphatic heterocycles. The fourth-order valence-electron chi connectivity index (χ4n) is 1.12. The average molecular weight is 153 g/mol. The maximum absolute atomic E-state index is 9.50. The van der Waals surface area contributed by atoms with Gasteiger partial charge in [0.25, 0.3) is 0 Å². The van der Waals surface area contributed by atoms with Crippen molar-refractivity contribution in [3.05, 3.63) is 24.0 Å². The Hall–Kier alpha value is -0.760. The van der Waals surface area contributed by atoms with Crippen molar-refractivity contribution in [2.24, 2.45) is 7.05 Å². The van der Waals surface area contributed by atoms with Crippen molar-refractivity contribution in [1.82, 2.24) is 4.57 Å². The van der Waals surface area contributed by atoms with Gasteiger partial charge < -0.3 is 9.67 Å². The van der Waals surface area contributed by atoms with Crippen LogP contribution >= 0.6 is 0 Å². The van der Waals surface area contributed by atoms with E-state index in [2.05, 4.69) is 0 Å². The topological polar surface area (TPSA) is 25.2 Å². The van der Waals surface area contributed by atoms with Gasteiger partial charge in [0.2, 0.25) is 0 Å². The molecular weight excluding hydrogens is 138 g/mol. The smallest absolute Gasteiger partial charge is 0.0646 e. The summed E-state index contributed by atoms with van der Waals surface area (Å²) >= 11 is 0. The highest BCUT2D eigenvalue weighted by molar-refractivity contribution is 5.08. The molecule has 0 spiro atoms. The molecular formula is C9H15NO. The molecule has 1 N–H and O–H groups in total. The van der Waals surface area contributed by atoms with Gasteiger partial charge in [-0.25, -0.2) is 0 Å². The van der Waals surface area contributed by atoms with Crippen LogP contribution in [0.2, 0.25) is 0 Å². The molecule has 62 valence electrons. The van der Waals surface area contributed by atoms with Crippen LogP contribution < -0.4 is 0 Å². The summed E-state index contributed by atoms with van der Waals surface area (Å²) in [6.45, 7) is 3.64. The van der Waals surface area contributed by atoms with Crippen LogP contribution in [0.25, 0.3) is 0 Å². The molecule has 1 aromatic rings. The molecule has 0 aliphatic rings. The molecule has 0 bridgehead atoms. The van der Waals surface area contributed by atoms with Crippen LogP contribution in [-0.4, -0.2) is 15.3 Å². The second-order valence-electron chi connectivity index (χ2n) is 3.60. The van der Waals surface area contributed by atoms with Gasteiger partial charge >= 0.3 is 0 Å². The molecule has 0 saturated carbocycles. The first-order chi connectivity index (χ1) is 4.99. The zero-order valence-corrected chi connectivity index (χ0v) is 7.33. The molecule has 0 atom stereocenters. The molecule has 0 amide bonds. The van der Waals surface area contributed by atoms with E-state index in [0.717, 1.165) is 5.69 Å². The van der Waals surface area contributed by atoms with E-state index in [1.807, 2.05) is 43.8 Å². The number of rotatable bonds is 2. The number of aliphatic hydroxyl groups is 1. The molecule has 0 fully saturated rings. The summed E-state index contributed by atoms with van der Waals surface area (Å²) in [6.07, 6.45) is 2.69. The van der Waals surface area contributed by atoms with Crippen molar-refractivity contribution < 1.29 is 5.11 Å². The Morgan fingerprint density at radius 3 is 2.55 bits per heavy atom. The Bertz CT molecular complexity index is 232. The maximum Gasteiger partial charge on any atom is 0.0646 e. The quantitative estimate of drug-likeness (QED) is 0.681. The molecule has 2 nitrogen and oxygen atoms in total. The maximum atomic E-state index is 9.50. The van der Waals surface area contributed by atoms with Crippen LogP contribution in [-0.2, 0) is 13.5 Å². The van der Waals surface area contributed by atoms with Gasteiger partial charge in [0.15, 0.2) is 0 Å². The lowest BCUT2D eigenvalue weighted by Gasteiger charge is -2.17. The second kappa shape index (κ2) is 2.70. The van der Waals surface area contributed by atoms with E-state index < -0.39 is 5.60 Å². The Balaban J connectivity index is 2.72. The zero-order valence-electron chi connectivity index (χ0n) is 7.33. The summed E-state index contributed by atoms with van der Waals surface area (Å²) in [5.41, 5.74) is 0.559.